The lowest BCUT2D eigenvalue weighted by atomic mass is 9.99. The van der Waals surface area contributed by atoms with Crippen LogP contribution in [0.25, 0.3) is 11.3 Å². The largest absolute Gasteiger partial charge is 0.484 e. The molecule has 1 unspecified atom stereocenters. The number of ether oxygens (including phenoxy) is 1. The van der Waals surface area contributed by atoms with Crippen molar-refractivity contribution in [3.8, 4) is 17.0 Å². The number of carbonyl (C=O) groups is 2. The highest BCUT2D eigenvalue weighted by atomic mass is 32.1. The predicted molar refractivity (Wildman–Crippen MR) is 145 cm³/mol. The smallest absolute Gasteiger partial charge is 0.261 e. The molecule has 5 rings (SSSR count). The van der Waals surface area contributed by atoms with Crippen molar-refractivity contribution >= 4 is 23.2 Å². The highest BCUT2D eigenvalue weighted by molar-refractivity contribution is 7.10. The number of benzene rings is 1. The van der Waals surface area contributed by atoms with Gasteiger partial charge in [-0.1, -0.05) is 32.0 Å². The molecule has 8 nitrogen and oxygen atoms in total. The minimum absolute atomic E-state index is 0.0511. The Labute approximate surface area is 222 Å². The molecular weight excluding hydrogens is 486 g/mol. The molecule has 0 spiro atoms. The number of pyridine rings is 1. The SMILES string of the molecule is CC.CN1CC(C(=O)N2CCC(c3nc(-c4ccncc4)cs3)N(C(=O)COc3ccccc3)CC2)C1. The average Bonchev–Trinajstić information content (AvgIpc) is 3.31. The third-order valence-corrected chi connectivity index (χ3v) is 7.54. The molecule has 1 atom stereocenters. The molecule has 0 aliphatic carbocycles. The van der Waals surface area contributed by atoms with Crippen molar-refractivity contribution in [2.75, 3.05) is 46.4 Å². The molecule has 2 aliphatic rings. The van der Waals surface area contributed by atoms with Crippen LogP contribution in [-0.2, 0) is 9.59 Å². The van der Waals surface area contributed by atoms with Crippen molar-refractivity contribution < 1.29 is 14.3 Å². The third-order valence-electron chi connectivity index (χ3n) is 6.59. The van der Waals surface area contributed by atoms with Crippen molar-refractivity contribution in [1.29, 1.82) is 0 Å². The summed E-state index contributed by atoms with van der Waals surface area (Å²) in [4.78, 5) is 41.3. The Kier molecular flexibility index (Phi) is 9.24. The topological polar surface area (TPSA) is 78.9 Å². The minimum atomic E-state index is -0.204. The van der Waals surface area contributed by atoms with Crippen LogP contribution in [0.15, 0.2) is 60.2 Å². The first-order chi connectivity index (χ1) is 18.1. The number of aromatic nitrogens is 2. The van der Waals surface area contributed by atoms with Crippen molar-refractivity contribution in [2.24, 2.45) is 5.92 Å². The molecule has 0 N–H and O–H groups in total. The van der Waals surface area contributed by atoms with Crippen molar-refractivity contribution in [2.45, 2.75) is 26.3 Å². The van der Waals surface area contributed by atoms with Crippen LogP contribution in [-0.4, -0.2) is 82.9 Å². The number of hydrogen-bond acceptors (Lipinski definition) is 7. The average molecular weight is 522 g/mol. The number of hydrogen-bond donors (Lipinski definition) is 0. The van der Waals surface area contributed by atoms with E-state index in [0.29, 0.717) is 31.8 Å². The second kappa shape index (κ2) is 12.8. The fourth-order valence-electron chi connectivity index (χ4n) is 4.66. The molecule has 2 saturated heterocycles. The van der Waals surface area contributed by atoms with Crippen molar-refractivity contribution in [3.63, 3.8) is 0 Å². The molecule has 3 aromatic rings. The number of likely N-dealkylation sites (tertiary alicyclic amines) is 1. The summed E-state index contributed by atoms with van der Waals surface area (Å²) in [7, 11) is 2.03. The van der Waals surface area contributed by atoms with Gasteiger partial charge in [0.2, 0.25) is 5.91 Å². The Hall–Kier alpha value is -3.30. The van der Waals surface area contributed by atoms with Gasteiger partial charge in [0, 0.05) is 56.1 Å². The minimum Gasteiger partial charge on any atom is -0.484 e. The van der Waals surface area contributed by atoms with Gasteiger partial charge in [0.15, 0.2) is 6.61 Å². The summed E-state index contributed by atoms with van der Waals surface area (Å²) in [5, 5.41) is 2.90. The second-order valence-corrected chi connectivity index (χ2v) is 9.93. The molecule has 37 heavy (non-hydrogen) atoms. The third kappa shape index (κ3) is 6.53. The Morgan fingerprint density at radius 3 is 2.46 bits per heavy atom. The quantitative estimate of drug-likeness (QED) is 0.488. The Morgan fingerprint density at radius 1 is 1.03 bits per heavy atom. The normalized spacial score (nSPS) is 18.3. The van der Waals surface area contributed by atoms with E-state index in [1.165, 1.54) is 0 Å². The van der Waals surface area contributed by atoms with E-state index in [-0.39, 0.29) is 30.4 Å². The summed E-state index contributed by atoms with van der Waals surface area (Å²) in [6.45, 7) is 7.14. The highest BCUT2D eigenvalue weighted by Gasteiger charge is 2.37. The first kappa shape index (κ1) is 26.8. The summed E-state index contributed by atoms with van der Waals surface area (Å²) in [5.41, 5.74) is 1.86. The lowest BCUT2D eigenvalue weighted by molar-refractivity contribution is -0.141. The maximum absolute atomic E-state index is 13.4. The summed E-state index contributed by atoms with van der Waals surface area (Å²) in [6.07, 6.45) is 4.14. The Balaban J connectivity index is 0.00000156. The van der Waals surface area contributed by atoms with Gasteiger partial charge in [-0.15, -0.1) is 11.3 Å². The number of para-hydroxylation sites is 1. The van der Waals surface area contributed by atoms with E-state index in [0.717, 1.165) is 29.4 Å². The lowest BCUT2D eigenvalue weighted by Crippen LogP contribution is -2.53. The van der Waals surface area contributed by atoms with E-state index < -0.39 is 0 Å². The van der Waals surface area contributed by atoms with Gasteiger partial charge in [0.25, 0.3) is 5.91 Å². The van der Waals surface area contributed by atoms with Gasteiger partial charge in [-0.05, 0) is 37.7 Å². The predicted octanol–water partition coefficient (Wildman–Crippen LogP) is 3.97. The van der Waals surface area contributed by atoms with Gasteiger partial charge in [-0.2, -0.15) is 0 Å². The zero-order chi connectivity index (χ0) is 26.2. The molecule has 0 bridgehead atoms. The summed E-state index contributed by atoms with van der Waals surface area (Å²) in [6, 6.07) is 13.0. The summed E-state index contributed by atoms with van der Waals surface area (Å²) >= 11 is 1.55. The lowest BCUT2D eigenvalue weighted by Gasteiger charge is -2.38. The number of thiazole rings is 1. The maximum Gasteiger partial charge on any atom is 0.261 e. The Bertz CT molecular complexity index is 1150. The molecule has 0 radical (unpaired) electrons. The van der Waals surface area contributed by atoms with E-state index in [1.54, 1.807) is 23.7 Å². The van der Waals surface area contributed by atoms with Gasteiger partial charge in [-0.3, -0.25) is 14.6 Å². The first-order valence-electron chi connectivity index (χ1n) is 12.9. The molecule has 2 fully saturated rings. The number of carbonyl (C=O) groups excluding carboxylic acids is 2. The fourth-order valence-corrected chi connectivity index (χ4v) is 5.63. The van der Waals surface area contributed by atoms with Crippen LogP contribution < -0.4 is 4.74 Å². The van der Waals surface area contributed by atoms with Crippen LogP contribution in [0.2, 0.25) is 0 Å². The molecule has 9 heteroatoms. The van der Waals surface area contributed by atoms with Gasteiger partial charge < -0.3 is 19.4 Å². The first-order valence-corrected chi connectivity index (χ1v) is 13.8. The highest BCUT2D eigenvalue weighted by Crippen LogP contribution is 2.33. The van der Waals surface area contributed by atoms with E-state index in [2.05, 4.69) is 9.88 Å². The zero-order valence-electron chi connectivity index (χ0n) is 21.7. The van der Waals surface area contributed by atoms with Crippen LogP contribution in [0.3, 0.4) is 0 Å². The van der Waals surface area contributed by atoms with Crippen LogP contribution in [0.5, 0.6) is 5.75 Å². The molecule has 2 aromatic heterocycles. The molecule has 2 amide bonds. The zero-order valence-corrected chi connectivity index (χ0v) is 22.6. The molecule has 4 heterocycles. The van der Waals surface area contributed by atoms with Crippen LogP contribution >= 0.6 is 11.3 Å². The number of nitrogens with zero attached hydrogens (tertiary/aromatic N) is 5. The fraction of sp³-hybridized carbons (Fsp3) is 0.429. The van der Waals surface area contributed by atoms with E-state index >= 15 is 0 Å². The summed E-state index contributed by atoms with van der Waals surface area (Å²) in [5.74, 6) is 0.804. The van der Waals surface area contributed by atoms with E-state index in [1.807, 2.05) is 78.5 Å². The van der Waals surface area contributed by atoms with Crippen LogP contribution in [0.1, 0.15) is 31.3 Å². The van der Waals surface area contributed by atoms with Crippen LogP contribution in [0.4, 0.5) is 0 Å². The Morgan fingerprint density at radius 2 is 1.76 bits per heavy atom. The number of amides is 2. The van der Waals surface area contributed by atoms with E-state index in [9.17, 15) is 9.59 Å². The molecular formula is C28H35N5O3S. The van der Waals surface area contributed by atoms with Gasteiger partial charge in [0.05, 0.1) is 17.7 Å². The standard InChI is InChI=1S/C26H29N5O3S.C2H6/c1-29-15-20(16-29)26(33)30-12-9-23(25-28-22(18-35-25)19-7-10-27-11-8-19)31(14-13-30)24(32)17-34-21-5-3-2-4-6-21;1-2/h2-8,10-11,18,20,23H,9,12-17H2,1H3;1-2H3. The molecule has 1 aromatic carbocycles. The molecule has 2 aliphatic heterocycles. The molecule has 196 valence electrons. The van der Waals surface area contributed by atoms with E-state index in [4.69, 9.17) is 9.72 Å². The van der Waals surface area contributed by atoms with Gasteiger partial charge in [-0.25, -0.2) is 4.98 Å². The summed E-state index contributed by atoms with van der Waals surface area (Å²) < 4.78 is 5.77. The molecule has 0 saturated carbocycles. The van der Waals surface area contributed by atoms with Crippen molar-refractivity contribution in [3.05, 3.63) is 65.2 Å². The second-order valence-electron chi connectivity index (χ2n) is 9.04. The monoisotopic (exact) mass is 521 g/mol. The van der Waals surface area contributed by atoms with Crippen LogP contribution in [0, 0.1) is 5.92 Å². The van der Waals surface area contributed by atoms with Gasteiger partial charge >= 0.3 is 0 Å². The van der Waals surface area contributed by atoms with Crippen molar-refractivity contribution in [1.82, 2.24) is 24.7 Å². The maximum atomic E-state index is 13.4. The number of rotatable bonds is 6. The van der Waals surface area contributed by atoms with Gasteiger partial charge in [0.1, 0.15) is 10.8 Å².